The van der Waals surface area contributed by atoms with E-state index in [1.807, 2.05) is 28.0 Å². The molecule has 0 aliphatic carbocycles. The van der Waals surface area contributed by atoms with Crippen molar-refractivity contribution in [2.45, 2.75) is 51.9 Å². The fraction of sp³-hybridized carbons (Fsp3) is 0.636. The van der Waals surface area contributed by atoms with Gasteiger partial charge in [0.2, 0.25) is 11.8 Å². The number of benzene rings is 1. The Morgan fingerprint density at radius 3 is 2.19 bits per heavy atom. The highest BCUT2D eigenvalue weighted by atomic mass is 16.2. The van der Waals surface area contributed by atoms with Gasteiger partial charge in [0.25, 0.3) is 0 Å². The van der Waals surface area contributed by atoms with Crippen LogP contribution >= 0.6 is 0 Å². The van der Waals surface area contributed by atoms with Gasteiger partial charge in [-0.25, -0.2) is 0 Å². The Bertz CT molecular complexity index is 602. The van der Waals surface area contributed by atoms with E-state index in [0.29, 0.717) is 24.9 Å². The maximum Gasteiger partial charge on any atom is 0.230 e. The van der Waals surface area contributed by atoms with Crippen LogP contribution in [0.25, 0.3) is 0 Å². The number of carbonyl (C=O) groups excluding carboxylic acids is 2. The minimum absolute atomic E-state index is 0.0768. The number of carbonyl (C=O) groups is 2. The van der Waals surface area contributed by atoms with Crippen LogP contribution in [-0.2, 0) is 9.59 Å². The molecule has 2 heterocycles. The Labute approximate surface area is 157 Å². The van der Waals surface area contributed by atoms with Crippen molar-refractivity contribution in [1.82, 2.24) is 9.80 Å². The zero-order chi connectivity index (χ0) is 18.5. The Morgan fingerprint density at radius 1 is 1.00 bits per heavy atom. The lowest BCUT2D eigenvalue weighted by Gasteiger charge is -2.36. The molecule has 2 aliphatic heterocycles. The van der Waals surface area contributed by atoms with Crippen molar-refractivity contribution in [3.63, 3.8) is 0 Å². The maximum absolute atomic E-state index is 13.3. The molecule has 2 unspecified atom stereocenters. The lowest BCUT2D eigenvalue weighted by atomic mass is 9.83. The lowest BCUT2D eigenvalue weighted by Crippen LogP contribution is -2.46. The first-order valence-corrected chi connectivity index (χ1v) is 10.2. The molecule has 2 atom stereocenters. The van der Waals surface area contributed by atoms with E-state index in [9.17, 15) is 9.59 Å². The number of rotatable bonds is 5. The molecule has 26 heavy (non-hydrogen) atoms. The van der Waals surface area contributed by atoms with Crippen LogP contribution in [-0.4, -0.2) is 47.8 Å². The van der Waals surface area contributed by atoms with Crippen LogP contribution in [0.15, 0.2) is 30.3 Å². The second-order valence-electron chi connectivity index (χ2n) is 7.91. The Morgan fingerprint density at radius 2 is 1.62 bits per heavy atom. The highest BCUT2D eigenvalue weighted by molar-refractivity contribution is 5.85. The molecular formula is C22H32N2O2. The minimum atomic E-state index is -0.0768. The van der Waals surface area contributed by atoms with Gasteiger partial charge in [-0.05, 0) is 37.2 Å². The first kappa shape index (κ1) is 18.9. The third kappa shape index (κ3) is 4.11. The van der Waals surface area contributed by atoms with Crippen molar-refractivity contribution in [3.8, 4) is 0 Å². The van der Waals surface area contributed by atoms with Gasteiger partial charge in [-0.2, -0.15) is 0 Å². The van der Waals surface area contributed by atoms with Gasteiger partial charge in [-0.1, -0.05) is 50.6 Å². The minimum Gasteiger partial charge on any atom is -0.342 e. The van der Waals surface area contributed by atoms with Crippen LogP contribution in [0.5, 0.6) is 0 Å². The fourth-order valence-electron chi connectivity index (χ4n) is 4.35. The molecular weight excluding hydrogens is 324 g/mol. The Balaban J connectivity index is 1.63. The van der Waals surface area contributed by atoms with Gasteiger partial charge in [-0.3, -0.25) is 9.59 Å². The van der Waals surface area contributed by atoms with E-state index in [0.717, 1.165) is 50.8 Å². The molecule has 0 N–H and O–H groups in total. The van der Waals surface area contributed by atoms with Gasteiger partial charge in [0.15, 0.2) is 0 Å². The van der Waals surface area contributed by atoms with E-state index in [2.05, 4.69) is 26.0 Å². The smallest absolute Gasteiger partial charge is 0.230 e. The third-order valence-corrected chi connectivity index (χ3v) is 6.21. The van der Waals surface area contributed by atoms with Crippen molar-refractivity contribution in [2.24, 2.45) is 11.8 Å². The summed E-state index contributed by atoms with van der Waals surface area (Å²) in [5, 5.41) is 0. The predicted molar refractivity (Wildman–Crippen MR) is 104 cm³/mol. The molecule has 2 fully saturated rings. The third-order valence-electron chi connectivity index (χ3n) is 6.21. The zero-order valence-corrected chi connectivity index (χ0v) is 16.2. The number of amides is 2. The summed E-state index contributed by atoms with van der Waals surface area (Å²) in [6.45, 7) is 7.57. The molecule has 4 heteroatoms. The van der Waals surface area contributed by atoms with Crippen molar-refractivity contribution in [1.29, 1.82) is 0 Å². The quantitative estimate of drug-likeness (QED) is 0.807. The Kier molecular flexibility index (Phi) is 6.33. The first-order valence-electron chi connectivity index (χ1n) is 10.2. The van der Waals surface area contributed by atoms with Crippen molar-refractivity contribution >= 4 is 11.8 Å². The normalized spacial score (nSPS) is 20.8. The van der Waals surface area contributed by atoms with E-state index >= 15 is 0 Å². The highest BCUT2D eigenvalue weighted by Gasteiger charge is 2.35. The molecule has 1 aromatic rings. The largest absolute Gasteiger partial charge is 0.342 e. The van der Waals surface area contributed by atoms with Crippen molar-refractivity contribution in [3.05, 3.63) is 35.9 Å². The van der Waals surface area contributed by atoms with E-state index in [1.54, 1.807) is 0 Å². The van der Waals surface area contributed by atoms with E-state index in [4.69, 9.17) is 0 Å². The molecule has 2 aliphatic rings. The van der Waals surface area contributed by atoms with Crippen LogP contribution in [0, 0.1) is 11.8 Å². The molecule has 0 saturated carbocycles. The highest BCUT2D eigenvalue weighted by Crippen LogP contribution is 2.31. The molecule has 0 aromatic heterocycles. The van der Waals surface area contributed by atoms with Crippen LogP contribution < -0.4 is 0 Å². The summed E-state index contributed by atoms with van der Waals surface area (Å²) < 4.78 is 0. The van der Waals surface area contributed by atoms with Crippen LogP contribution in [0.3, 0.4) is 0 Å². The number of nitrogens with zero attached hydrogens (tertiary/aromatic N) is 2. The average Bonchev–Trinajstić information content (AvgIpc) is 3.23. The predicted octanol–water partition coefficient (Wildman–Crippen LogP) is 3.68. The van der Waals surface area contributed by atoms with E-state index in [-0.39, 0.29) is 17.7 Å². The van der Waals surface area contributed by atoms with Crippen LogP contribution in [0.2, 0.25) is 0 Å². The number of hydrogen-bond acceptors (Lipinski definition) is 2. The van der Waals surface area contributed by atoms with Crippen LogP contribution in [0.4, 0.5) is 0 Å². The average molecular weight is 357 g/mol. The number of piperidine rings is 1. The summed E-state index contributed by atoms with van der Waals surface area (Å²) in [5.74, 6) is 0.894. The van der Waals surface area contributed by atoms with Gasteiger partial charge in [0.1, 0.15) is 0 Å². The van der Waals surface area contributed by atoms with E-state index in [1.165, 1.54) is 0 Å². The van der Waals surface area contributed by atoms with Crippen molar-refractivity contribution < 1.29 is 9.59 Å². The molecule has 142 valence electrons. The molecule has 0 spiro atoms. The van der Waals surface area contributed by atoms with E-state index < -0.39 is 0 Å². The summed E-state index contributed by atoms with van der Waals surface area (Å²) in [7, 11) is 0. The molecule has 0 radical (unpaired) electrons. The lowest BCUT2D eigenvalue weighted by molar-refractivity contribution is -0.141. The molecule has 2 saturated heterocycles. The van der Waals surface area contributed by atoms with Gasteiger partial charge in [0, 0.05) is 32.1 Å². The molecule has 3 rings (SSSR count). The Hall–Kier alpha value is -1.84. The van der Waals surface area contributed by atoms with Crippen molar-refractivity contribution in [2.75, 3.05) is 26.2 Å². The summed E-state index contributed by atoms with van der Waals surface area (Å²) in [6.07, 6.45) is 4.87. The summed E-state index contributed by atoms with van der Waals surface area (Å²) in [4.78, 5) is 29.9. The zero-order valence-electron chi connectivity index (χ0n) is 16.2. The number of hydrogen-bond donors (Lipinski definition) is 0. The SMILES string of the molecule is CCC(C)C(C(=O)N1CCC(C(=O)N2CCCC2)CC1)c1ccccc1. The molecule has 4 nitrogen and oxygen atoms in total. The topological polar surface area (TPSA) is 40.6 Å². The first-order chi connectivity index (χ1) is 12.6. The number of likely N-dealkylation sites (tertiary alicyclic amines) is 2. The molecule has 1 aromatic carbocycles. The van der Waals surface area contributed by atoms with Gasteiger partial charge in [0.05, 0.1) is 5.92 Å². The maximum atomic E-state index is 13.3. The summed E-state index contributed by atoms with van der Waals surface area (Å²) in [5.41, 5.74) is 1.11. The van der Waals surface area contributed by atoms with Gasteiger partial charge in [-0.15, -0.1) is 0 Å². The summed E-state index contributed by atoms with van der Waals surface area (Å²) >= 11 is 0. The summed E-state index contributed by atoms with van der Waals surface area (Å²) in [6, 6.07) is 10.2. The monoisotopic (exact) mass is 356 g/mol. The van der Waals surface area contributed by atoms with Gasteiger partial charge < -0.3 is 9.80 Å². The second-order valence-corrected chi connectivity index (χ2v) is 7.91. The molecule has 0 bridgehead atoms. The van der Waals surface area contributed by atoms with Gasteiger partial charge >= 0.3 is 0 Å². The standard InChI is InChI=1S/C22H32N2O2/c1-3-17(2)20(18-9-5-4-6-10-18)22(26)24-15-11-19(12-16-24)21(25)23-13-7-8-14-23/h4-6,9-10,17,19-20H,3,7-8,11-16H2,1-2H3. The second kappa shape index (κ2) is 8.70. The molecule has 2 amide bonds. The fourth-order valence-corrected chi connectivity index (χ4v) is 4.35. The van der Waals surface area contributed by atoms with Crippen LogP contribution in [0.1, 0.15) is 57.4 Å².